The van der Waals surface area contributed by atoms with Crippen LogP contribution in [0.15, 0.2) is 78.9 Å². The van der Waals surface area contributed by atoms with Gasteiger partial charge in [-0.05, 0) is 68.6 Å². The molecule has 2 amide bonds. The lowest BCUT2D eigenvalue weighted by molar-refractivity contribution is -0.0885. The molecule has 0 aliphatic carbocycles. The number of amides is 2. The fraction of sp³-hybridized carbons (Fsp3) is 0.333. The summed E-state index contributed by atoms with van der Waals surface area (Å²) < 4.78 is 40.5. The molecule has 3 aromatic carbocycles. The number of ketones is 2. The normalized spacial score (nSPS) is 14.8. The van der Waals surface area contributed by atoms with Crippen molar-refractivity contribution in [2.75, 3.05) is 23.7 Å². The molecular formula is C36H38F3N5O3. The van der Waals surface area contributed by atoms with Gasteiger partial charge in [-0.3, -0.25) is 14.9 Å². The number of piperidine rings is 1. The van der Waals surface area contributed by atoms with Gasteiger partial charge in [-0.2, -0.15) is 18.3 Å². The molecule has 0 bridgehead atoms. The number of benzene rings is 3. The van der Waals surface area contributed by atoms with Gasteiger partial charge in [0.15, 0.2) is 5.78 Å². The van der Waals surface area contributed by atoms with Crippen LogP contribution < -0.4 is 16.0 Å². The van der Waals surface area contributed by atoms with E-state index in [0.717, 1.165) is 55.0 Å². The number of halogens is 3. The van der Waals surface area contributed by atoms with E-state index < -0.39 is 29.5 Å². The molecule has 1 saturated heterocycles. The number of anilines is 2. The first-order chi connectivity index (χ1) is 22.2. The van der Waals surface area contributed by atoms with Gasteiger partial charge in [-0.1, -0.05) is 74.9 Å². The second kappa shape index (κ2) is 13.5. The van der Waals surface area contributed by atoms with Crippen molar-refractivity contribution in [1.29, 1.82) is 0 Å². The molecule has 1 aliphatic rings. The molecular weight excluding hydrogens is 607 g/mol. The fourth-order valence-electron chi connectivity index (χ4n) is 5.75. The molecule has 3 N–H and O–H groups in total. The first-order valence-electron chi connectivity index (χ1n) is 15.5. The minimum Gasteiger partial charge on any atom is -0.317 e. The standard InChI is InChI=1S/C36H38F3N5O3/c1-22-8-14-28(15-9-22)44-30(21-29(43-44)35(2,3)4)42-34(47)41-27-7-5-6-26(20-27)31(23-16-18-40-19-17-23)32(45)24-10-12-25(13-11-24)33(46)36(37,38)39/h5-15,20-21,23,31,40H,16-19H2,1-4H3,(H2,41,42,47). The predicted octanol–water partition coefficient (Wildman–Crippen LogP) is 7.83. The average molecular weight is 646 g/mol. The molecule has 11 heteroatoms. The number of aryl methyl sites for hydroxylation is 1. The minimum atomic E-state index is -5.00. The Balaban J connectivity index is 1.39. The van der Waals surface area contributed by atoms with E-state index >= 15 is 0 Å². The van der Waals surface area contributed by atoms with Gasteiger partial charge in [-0.15, -0.1) is 0 Å². The van der Waals surface area contributed by atoms with E-state index in [1.54, 1.807) is 22.9 Å². The molecule has 0 spiro atoms. The van der Waals surface area contributed by atoms with Crippen LogP contribution >= 0.6 is 0 Å². The summed E-state index contributed by atoms with van der Waals surface area (Å²) in [4.78, 5) is 38.9. The molecule has 0 radical (unpaired) electrons. The Bertz CT molecular complexity index is 1750. The fourth-order valence-corrected chi connectivity index (χ4v) is 5.75. The van der Waals surface area contributed by atoms with E-state index in [1.807, 2.05) is 64.1 Å². The Hall–Kier alpha value is -4.77. The van der Waals surface area contributed by atoms with Crippen molar-refractivity contribution in [1.82, 2.24) is 15.1 Å². The van der Waals surface area contributed by atoms with Crippen molar-refractivity contribution in [3.63, 3.8) is 0 Å². The summed E-state index contributed by atoms with van der Waals surface area (Å²) in [6, 6.07) is 20.8. The smallest absolute Gasteiger partial charge is 0.317 e. The second-order valence-corrected chi connectivity index (χ2v) is 13.0. The van der Waals surface area contributed by atoms with Gasteiger partial charge in [0.25, 0.3) is 5.78 Å². The SMILES string of the molecule is Cc1ccc(-n2nc(C(C)(C)C)cc2NC(=O)Nc2cccc(C(C(=O)c3ccc(C(=O)C(F)(F)F)cc3)C3CCNCC3)c2)cc1. The van der Waals surface area contributed by atoms with E-state index in [4.69, 9.17) is 5.10 Å². The quantitative estimate of drug-likeness (QED) is 0.170. The van der Waals surface area contributed by atoms with Crippen LogP contribution in [0.1, 0.15) is 77.1 Å². The number of hydrogen-bond acceptors (Lipinski definition) is 5. The van der Waals surface area contributed by atoms with Gasteiger partial charge in [0, 0.05) is 28.3 Å². The molecule has 246 valence electrons. The highest BCUT2D eigenvalue weighted by Gasteiger charge is 2.39. The predicted molar refractivity (Wildman–Crippen MR) is 176 cm³/mol. The Morgan fingerprint density at radius 1 is 0.872 bits per heavy atom. The molecule has 1 aromatic heterocycles. The zero-order valence-electron chi connectivity index (χ0n) is 26.7. The van der Waals surface area contributed by atoms with E-state index in [9.17, 15) is 27.6 Å². The number of rotatable bonds is 8. The molecule has 1 unspecified atom stereocenters. The zero-order chi connectivity index (χ0) is 33.9. The summed E-state index contributed by atoms with van der Waals surface area (Å²) in [5.74, 6) is -2.38. The number of alkyl halides is 3. The first kappa shape index (κ1) is 33.6. The summed E-state index contributed by atoms with van der Waals surface area (Å²) in [6.45, 7) is 9.56. The van der Waals surface area contributed by atoms with E-state index in [2.05, 4.69) is 16.0 Å². The van der Waals surface area contributed by atoms with Crippen LogP contribution in [0.5, 0.6) is 0 Å². The van der Waals surface area contributed by atoms with E-state index in [1.165, 1.54) is 12.1 Å². The lowest BCUT2D eigenvalue weighted by Crippen LogP contribution is -2.33. The molecule has 8 nitrogen and oxygen atoms in total. The van der Waals surface area contributed by atoms with Gasteiger partial charge >= 0.3 is 12.2 Å². The first-order valence-corrected chi connectivity index (χ1v) is 15.5. The van der Waals surface area contributed by atoms with Crippen molar-refractivity contribution < 1.29 is 27.6 Å². The van der Waals surface area contributed by atoms with Crippen LogP contribution in [0.4, 0.5) is 29.5 Å². The topological polar surface area (TPSA) is 105 Å². The summed E-state index contributed by atoms with van der Waals surface area (Å²) in [5, 5.41) is 13.9. The molecule has 1 atom stereocenters. The van der Waals surface area contributed by atoms with Crippen LogP contribution in [-0.4, -0.2) is 46.6 Å². The maximum Gasteiger partial charge on any atom is 0.454 e. The summed E-state index contributed by atoms with van der Waals surface area (Å²) in [5.41, 5.74) is 3.26. The zero-order valence-corrected chi connectivity index (χ0v) is 26.7. The lowest BCUT2D eigenvalue weighted by atomic mass is 9.76. The highest BCUT2D eigenvalue weighted by molar-refractivity contribution is 6.04. The van der Waals surface area contributed by atoms with Crippen LogP contribution in [0.25, 0.3) is 5.69 Å². The number of nitrogens with zero attached hydrogens (tertiary/aromatic N) is 2. The number of nitrogens with one attached hydrogen (secondary N) is 3. The van der Waals surface area contributed by atoms with Gasteiger partial charge in [-0.25, -0.2) is 9.48 Å². The van der Waals surface area contributed by atoms with Gasteiger partial charge in [0.2, 0.25) is 0 Å². The summed E-state index contributed by atoms with van der Waals surface area (Å²) in [7, 11) is 0. The Morgan fingerprint density at radius 2 is 1.51 bits per heavy atom. The van der Waals surface area contributed by atoms with E-state index in [0.29, 0.717) is 17.1 Å². The van der Waals surface area contributed by atoms with Crippen LogP contribution in [-0.2, 0) is 5.41 Å². The molecule has 1 fully saturated rings. The van der Waals surface area contributed by atoms with Crippen molar-refractivity contribution >= 4 is 29.1 Å². The largest absolute Gasteiger partial charge is 0.454 e. The number of carbonyl (C=O) groups excluding carboxylic acids is 3. The Labute approximate surface area is 271 Å². The van der Waals surface area contributed by atoms with Crippen molar-refractivity contribution in [2.45, 2.75) is 58.0 Å². The molecule has 4 aromatic rings. The van der Waals surface area contributed by atoms with Crippen molar-refractivity contribution in [3.8, 4) is 5.69 Å². The van der Waals surface area contributed by atoms with Crippen LogP contribution in [0, 0.1) is 12.8 Å². The third-order valence-corrected chi connectivity index (χ3v) is 8.33. The number of Topliss-reactive ketones (excluding diaryl/α,β-unsaturated/α-hetero) is 2. The highest BCUT2D eigenvalue weighted by Crippen LogP contribution is 2.36. The third kappa shape index (κ3) is 7.97. The summed E-state index contributed by atoms with van der Waals surface area (Å²) in [6.07, 6.45) is -3.56. The van der Waals surface area contributed by atoms with Crippen molar-refractivity contribution in [3.05, 3.63) is 107 Å². The van der Waals surface area contributed by atoms with Gasteiger partial charge < -0.3 is 10.6 Å². The number of carbonyl (C=O) groups is 3. The maximum absolute atomic E-state index is 13.9. The maximum atomic E-state index is 13.9. The Morgan fingerprint density at radius 3 is 2.13 bits per heavy atom. The monoisotopic (exact) mass is 645 g/mol. The number of urea groups is 1. The minimum absolute atomic E-state index is 0.0380. The third-order valence-electron chi connectivity index (χ3n) is 8.33. The average Bonchev–Trinajstić information content (AvgIpc) is 3.46. The lowest BCUT2D eigenvalue weighted by Gasteiger charge is -2.30. The molecule has 2 heterocycles. The molecule has 1 aliphatic heterocycles. The van der Waals surface area contributed by atoms with Crippen molar-refractivity contribution in [2.24, 2.45) is 5.92 Å². The second-order valence-electron chi connectivity index (χ2n) is 13.0. The van der Waals surface area contributed by atoms with Crippen LogP contribution in [0.3, 0.4) is 0 Å². The molecule has 0 saturated carbocycles. The Kier molecular flexibility index (Phi) is 9.67. The van der Waals surface area contributed by atoms with Crippen LogP contribution in [0.2, 0.25) is 0 Å². The number of aromatic nitrogens is 2. The number of hydrogen-bond donors (Lipinski definition) is 3. The van der Waals surface area contributed by atoms with E-state index in [-0.39, 0.29) is 22.7 Å². The molecule has 47 heavy (non-hydrogen) atoms. The highest BCUT2D eigenvalue weighted by atomic mass is 19.4. The summed E-state index contributed by atoms with van der Waals surface area (Å²) >= 11 is 0. The van der Waals surface area contributed by atoms with Gasteiger partial charge in [0.1, 0.15) is 5.82 Å². The van der Waals surface area contributed by atoms with Gasteiger partial charge in [0.05, 0.1) is 17.3 Å². The molecule has 5 rings (SSSR count).